The van der Waals surface area contributed by atoms with Crippen LogP contribution in [0.2, 0.25) is 0 Å². The van der Waals surface area contributed by atoms with Crippen molar-refractivity contribution in [1.82, 2.24) is 15.1 Å². The van der Waals surface area contributed by atoms with Crippen LogP contribution in [0.4, 0.5) is 0 Å². The lowest BCUT2D eigenvalue weighted by atomic mass is 10.00. The van der Waals surface area contributed by atoms with E-state index in [1.54, 1.807) is 0 Å². The van der Waals surface area contributed by atoms with E-state index in [1.165, 1.54) is 0 Å². The first kappa shape index (κ1) is 13.8. The summed E-state index contributed by atoms with van der Waals surface area (Å²) < 4.78 is 5.31. The second-order valence-electron chi connectivity index (χ2n) is 5.90. The average molecular weight is 281 g/mol. The average Bonchev–Trinajstić information content (AvgIpc) is 3.01. The molecule has 2 unspecified atom stereocenters. The Balaban J connectivity index is 1.60. The largest absolute Gasteiger partial charge is 0.381 e. The fraction of sp³-hybridized carbons (Fsp3) is 0.857. The molecule has 1 N–H and O–H groups in total. The molecule has 0 aromatic carbocycles. The molecule has 0 spiro atoms. The number of hydrogen-bond acceptors (Lipinski definition) is 4. The van der Waals surface area contributed by atoms with Gasteiger partial charge in [-0.25, -0.2) is 0 Å². The zero-order valence-electron chi connectivity index (χ0n) is 11.8. The molecule has 20 heavy (non-hydrogen) atoms. The Morgan fingerprint density at radius 3 is 2.95 bits per heavy atom. The van der Waals surface area contributed by atoms with Crippen LogP contribution < -0.4 is 5.32 Å². The van der Waals surface area contributed by atoms with Crippen LogP contribution in [-0.4, -0.2) is 73.6 Å². The van der Waals surface area contributed by atoms with Crippen molar-refractivity contribution in [3.8, 4) is 0 Å². The number of rotatable bonds is 2. The van der Waals surface area contributed by atoms with Crippen molar-refractivity contribution < 1.29 is 14.3 Å². The van der Waals surface area contributed by atoms with E-state index < -0.39 is 0 Å². The summed E-state index contributed by atoms with van der Waals surface area (Å²) >= 11 is 0. The van der Waals surface area contributed by atoms with Crippen LogP contribution in [0.5, 0.6) is 0 Å². The number of ether oxygens (including phenoxy) is 1. The van der Waals surface area contributed by atoms with E-state index >= 15 is 0 Å². The summed E-state index contributed by atoms with van der Waals surface area (Å²) in [4.78, 5) is 28.3. The van der Waals surface area contributed by atoms with E-state index in [1.807, 2.05) is 9.80 Å². The first-order valence-corrected chi connectivity index (χ1v) is 7.62. The molecule has 0 aliphatic carbocycles. The van der Waals surface area contributed by atoms with E-state index in [9.17, 15) is 9.59 Å². The number of hydrogen-bond donors (Lipinski definition) is 1. The minimum Gasteiger partial charge on any atom is -0.381 e. The lowest BCUT2D eigenvalue weighted by molar-refractivity contribution is -0.142. The molecular formula is C14H23N3O3. The number of carbonyl (C=O) groups excluding carboxylic acids is 2. The topological polar surface area (TPSA) is 61.9 Å². The summed E-state index contributed by atoms with van der Waals surface area (Å²) in [6.07, 6.45) is 2.84. The number of carbonyl (C=O) groups is 2. The third kappa shape index (κ3) is 2.81. The summed E-state index contributed by atoms with van der Waals surface area (Å²) in [7, 11) is 0. The fourth-order valence-electron chi connectivity index (χ4n) is 3.40. The minimum atomic E-state index is 0.0347. The van der Waals surface area contributed by atoms with Crippen molar-refractivity contribution in [1.29, 1.82) is 0 Å². The summed E-state index contributed by atoms with van der Waals surface area (Å²) in [5.41, 5.74) is 0. The van der Waals surface area contributed by atoms with Crippen molar-refractivity contribution >= 4 is 11.8 Å². The summed E-state index contributed by atoms with van der Waals surface area (Å²) in [6.45, 7) is 4.83. The number of amides is 2. The Kier molecular flexibility index (Phi) is 4.21. The van der Waals surface area contributed by atoms with Gasteiger partial charge in [-0.15, -0.1) is 0 Å². The van der Waals surface area contributed by atoms with Gasteiger partial charge in [-0.3, -0.25) is 9.59 Å². The highest BCUT2D eigenvalue weighted by atomic mass is 16.5. The maximum absolute atomic E-state index is 12.4. The van der Waals surface area contributed by atoms with Gasteiger partial charge in [0.15, 0.2) is 0 Å². The van der Waals surface area contributed by atoms with Crippen LogP contribution in [0.1, 0.15) is 19.3 Å². The molecule has 2 amide bonds. The number of nitrogens with zero attached hydrogens (tertiary/aromatic N) is 2. The highest BCUT2D eigenvalue weighted by Gasteiger charge is 2.34. The molecule has 0 aromatic rings. The summed E-state index contributed by atoms with van der Waals surface area (Å²) in [5.74, 6) is 0.419. The number of nitrogens with one attached hydrogen (secondary N) is 1. The molecule has 3 saturated heterocycles. The molecule has 0 radical (unpaired) electrons. The SMILES string of the molecule is O=C(C1CCOC1)N1CCCC(N2CCNCC2=O)C1. The zero-order valence-corrected chi connectivity index (χ0v) is 11.8. The standard InChI is InChI=1S/C14H23N3O3/c18-13-8-15-4-6-17(13)12-2-1-5-16(9-12)14(19)11-3-7-20-10-11/h11-12,15H,1-10H2. The molecule has 2 atom stereocenters. The summed E-state index contributed by atoms with van der Waals surface area (Å²) in [6, 6.07) is 0.199. The van der Waals surface area contributed by atoms with Crippen LogP contribution >= 0.6 is 0 Å². The van der Waals surface area contributed by atoms with Crippen molar-refractivity contribution in [2.75, 3.05) is 45.9 Å². The van der Waals surface area contributed by atoms with Crippen molar-refractivity contribution in [2.45, 2.75) is 25.3 Å². The first-order valence-electron chi connectivity index (χ1n) is 7.62. The van der Waals surface area contributed by atoms with Gasteiger partial charge in [0, 0.05) is 38.8 Å². The van der Waals surface area contributed by atoms with E-state index in [2.05, 4.69) is 5.32 Å². The zero-order chi connectivity index (χ0) is 13.9. The molecular weight excluding hydrogens is 258 g/mol. The Hall–Kier alpha value is -1.14. The van der Waals surface area contributed by atoms with Gasteiger partial charge in [0.1, 0.15) is 0 Å². The van der Waals surface area contributed by atoms with Crippen LogP contribution in [-0.2, 0) is 14.3 Å². The molecule has 3 heterocycles. The van der Waals surface area contributed by atoms with E-state index in [0.717, 1.165) is 38.9 Å². The van der Waals surface area contributed by atoms with Gasteiger partial charge in [0.2, 0.25) is 11.8 Å². The van der Waals surface area contributed by atoms with Gasteiger partial charge in [0.25, 0.3) is 0 Å². The van der Waals surface area contributed by atoms with Crippen molar-refractivity contribution in [3.63, 3.8) is 0 Å². The third-order valence-corrected chi connectivity index (χ3v) is 4.55. The van der Waals surface area contributed by atoms with Crippen LogP contribution in [0.3, 0.4) is 0 Å². The Morgan fingerprint density at radius 2 is 2.20 bits per heavy atom. The summed E-state index contributed by atoms with van der Waals surface area (Å²) in [5, 5.41) is 3.09. The predicted molar refractivity (Wildman–Crippen MR) is 73.1 cm³/mol. The maximum atomic E-state index is 12.4. The van der Waals surface area contributed by atoms with Gasteiger partial charge in [0.05, 0.1) is 19.1 Å². The van der Waals surface area contributed by atoms with E-state index in [4.69, 9.17) is 4.74 Å². The minimum absolute atomic E-state index is 0.0347. The monoisotopic (exact) mass is 281 g/mol. The van der Waals surface area contributed by atoms with Gasteiger partial charge in [-0.05, 0) is 19.3 Å². The molecule has 3 fully saturated rings. The normalized spacial score (nSPS) is 31.7. The smallest absolute Gasteiger partial charge is 0.236 e. The van der Waals surface area contributed by atoms with E-state index in [0.29, 0.717) is 26.3 Å². The number of piperidine rings is 1. The first-order chi connectivity index (χ1) is 9.75. The Morgan fingerprint density at radius 1 is 1.30 bits per heavy atom. The third-order valence-electron chi connectivity index (χ3n) is 4.55. The van der Waals surface area contributed by atoms with Gasteiger partial charge in [-0.1, -0.05) is 0 Å². The van der Waals surface area contributed by atoms with E-state index in [-0.39, 0.29) is 23.8 Å². The van der Waals surface area contributed by atoms with Crippen molar-refractivity contribution in [3.05, 3.63) is 0 Å². The number of piperazine rings is 1. The van der Waals surface area contributed by atoms with Crippen molar-refractivity contribution in [2.24, 2.45) is 5.92 Å². The molecule has 6 heteroatoms. The quantitative estimate of drug-likeness (QED) is 0.737. The molecule has 0 aromatic heterocycles. The second-order valence-corrected chi connectivity index (χ2v) is 5.90. The van der Waals surface area contributed by atoms with Gasteiger partial charge >= 0.3 is 0 Å². The molecule has 0 bridgehead atoms. The Bertz CT molecular complexity index is 382. The molecule has 3 rings (SSSR count). The highest BCUT2D eigenvalue weighted by molar-refractivity contribution is 5.81. The lowest BCUT2D eigenvalue weighted by Crippen LogP contribution is -2.58. The van der Waals surface area contributed by atoms with Crippen LogP contribution in [0.25, 0.3) is 0 Å². The molecule has 3 aliphatic rings. The fourth-order valence-corrected chi connectivity index (χ4v) is 3.40. The van der Waals surface area contributed by atoms with Crippen LogP contribution in [0, 0.1) is 5.92 Å². The predicted octanol–water partition coefficient (Wildman–Crippen LogP) is -0.554. The van der Waals surface area contributed by atoms with Gasteiger partial charge < -0.3 is 19.9 Å². The maximum Gasteiger partial charge on any atom is 0.236 e. The highest BCUT2D eigenvalue weighted by Crippen LogP contribution is 2.21. The van der Waals surface area contributed by atoms with Crippen LogP contribution in [0.15, 0.2) is 0 Å². The van der Waals surface area contributed by atoms with Gasteiger partial charge in [-0.2, -0.15) is 0 Å². The molecule has 0 saturated carbocycles. The Labute approximate surface area is 119 Å². The lowest BCUT2D eigenvalue weighted by Gasteiger charge is -2.41. The molecule has 112 valence electrons. The molecule has 3 aliphatic heterocycles. The molecule has 6 nitrogen and oxygen atoms in total. The second kappa shape index (κ2) is 6.10. The number of likely N-dealkylation sites (tertiary alicyclic amines) is 1.